The Hall–Kier alpha value is -3.42. The number of hydrogen-bond donors (Lipinski definition) is 1. The van der Waals surface area contributed by atoms with Gasteiger partial charge < -0.3 is 15.0 Å². The lowest BCUT2D eigenvalue weighted by atomic mass is 10.0. The number of amides is 2. The Morgan fingerprint density at radius 3 is 2.61 bits per heavy atom. The number of nitrogens with one attached hydrogen (secondary N) is 1. The fraction of sp³-hybridized carbons (Fsp3) is 0.391. The van der Waals surface area contributed by atoms with Crippen LogP contribution in [-0.2, 0) is 9.53 Å². The molecule has 1 saturated heterocycles. The summed E-state index contributed by atoms with van der Waals surface area (Å²) < 4.78 is 7.36. The monoisotopic (exact) mass is 421 g/mol. The number of carbonyl (C=O) groups excluding carboxylic acids is 2. The number of rotatable bonds is 4. The highest BCUT2D eigenvalue weighted by Gasteiger charge is 2.34. The van der Waals surface area contributed by atoms with Gasteiger partial charge in [-0.05, 0) is 38.8 Å². The molecule has 1 N–H and O–H groups in total. The SMILES string of the molecule is CC(C)(C)OC(=O)N[C@@H](C(=O)N1CC[C@@H](c2ccnc3nccn23)C1)c1ccccc1. The molecule has 8 nitrogen and oxygen atoms in total. The molecular weight excluding hydrogens is 394 g/mol. The number of imidazole rings is 1. The van der Waals surface area contributed by atoms with Crippen molar-refractivity contribution in [2.24, 2.45) is 0 Å². The smallest absolute Gasteiger partial charge is 0.408 e. The van der Waals surface area contributed by atoms with E-state index in [2.05, 4.69) is 15.3 Å². The molecule has 0 saturated carbocycles. The van der Waals surface area contributed by atoms with Gasteiger partial charge in [0.1, 0.15) is 11.6 Å². The number of benzene rings is 1. The van der Waals surface area contributed by atoms with E-state index in [1.807, 2.05) is 51.9 Å². The third-order valence-corrected chi connectivity index (χ3v) is 5.29. The van der Waals surface area contributed by atoms with Crippen molar-refractivity contribution in [3.05, 3.63) is 66.2 Å². The Kier molecular flexibility index (Phi) is 5.63. The van der Waals surface area contributed by atoms with Crippen molar-refractivity contribution in [2.45, 2.75) is 44.8 Å². The Morgan fingerprint density at radius 1 is 1.13 bits per heavy atom. The minimum atomic E-state index is -0.805. The summed E-state index contributed by atoms with van der Waals surface area (Å²) in [4.78, 5) is 36.2. The molecular formula is C23H27N5O3. The molecule has 0 bridgehead atoms. The molecule has 1 fully saturated rings. The number of likely N-dealkylation sites (tertiary alicyclic amines) is 1. The predicted molar refractivity (Wildman–Crippen MR) is 115 cm³/mol. The highest BCUT2D eigenvalue weighted by Crippen LogP contribution is 2.29. The molecule has 1 aliphatic rings. The quantitative estimate of drug-likeness (QED) is 0.698. The van der Waals surface area contributed by atoms with E-state index in [9.17, 15) is 9.59 Å². The van der Waals surface area contributed by atoms with Crippen LogP contribution in [0.4, 0.5) is 4.79 Å². The molecule has 0 unspecified atom stereocenters. The number of fused-ring (bicyclic) bond motifs is 1. The summed E-state index contributed by atoms with van der Waals surface area (Å²) in [6, 6.07) is 10.4. The van der Waals surface area contributed by atoms with E-state index >= 15 is 0 Å². The lowest BCUT2D eigenvalue weighted by Gasteiger charge is -2.26. The molecule has 3 heterocycles. The van der Waals surface area contributed by atoms with Gasteiger partial charge in [-0.25, -0.2) is 14.8 Å². The minimum Gasteiger partial charge on any atom is -0.444 e. The van der Waals surface area contributed by atoms with Crippen molar-refractivity contribution in [1.29, 1.82) is 0 Å². The van der Waals surface area contributed by atoms with Crippen LogP contribution in [-0.4, -0.2) is 50.0 Å². The first-order valence-electron chi connectivity index (χ1n) is 10.4. The van der Waals surface area contributed by atoms with Crippen molar-refractivity contribution in [1.82, 2.24) is 24.6 Å². The lowest BCUT2D eigenvalue weighted by Crippen LogP contribution is -2.43. The third-order valence-electron chi connectivity index (χ3n) is 5.29. The molecule has 0 aliphatic carbocycles. The van der Waals surface area contributed by atoms with Crippen LogP contribution in [0.25, 0.3) is 5.78 Å². The van der Waals surface area contributed by atoms with Gasteiger partial charge in [0.05, 0.1) is 0 Å². The molecule has 0 spiro atoms. The highest BCUT2D eigenvalue weighted by atomic mass is 16.6. The van der Waals surface area contributed by atoms with Gasteiger partial charge in [-0.2, -0.15) is 0 Å². The van der Waals surface area contributed by atoms with Gasteiger partial charge in [0.25, 0.3) is 0 Å². The maximum absolute atomic E-state index is 13.5. The van der Waals surface area contributed by atoms with E-state index in [4.69, 9.17) is 4.74 Å². The van der Waals surface area contributed by atoms with Gasteiger partial charge in [0.15, 0.2) is 0 Å². The molecule has 8 heteroatoms. The topological polar surface area (TPSA) is 88.8 Å². The maximum Gasteiger partial charge on any atom is 0.408 e. The predicted octanol–water partition coefficient (Wildman–Crippen LogP) is 3.31. The largest absolute Gasteiger partial charge is 0.444 e. The van der Waals surface area contributed by atoms with E-state index in [0.29, 0.717) is 18.9 Å². The van der Waals surface area contributed by atoms with Crippen molar-refractivity contribution in [2.75, 3.05) is 13.1 Å². The summed E-state index contributed by atoms with van der Waals surface area (Å²) in [5.74, 6) is 0.674. The van der Waals surface area contributed by atoms with E-state index < -0.39 is 17.7 Å². The Bertz CT molecular complexity index is 1070. The number of carbonyl (C=O) groups is 2. The zero-order valence-electron chi connectivity index (χ0n) is 18.0. The first kappa shape index (κ1) is 20.8. The van der Waals surface area contributed by atoms with Gasteiger partial charge in [0.2, 0.25) is 11.7 Å². The molecule has 162 valence electrons. The lowest BCUT2D eigenvalue weighted by molar-refractivity contribution is -0.132. The number of nitrogens with zero attached hydrogens (tertiary/aromatic N) is 4. The first-order valence-corrected chi connectivity index (χ1v) is 10.4. The Balaban J connectivity index is 1.53. The van der Waals surface area contributed by atoms with Crippen molar-refractivity contribution < 1.29 is 14.3 Å². The van der Waals surface area contributed by atoms with Crippen LogP contribution in [0.2, 0.25) is 0 Å². The number of ether oxygens (including phenoxy) is 1. The number of alkyl carbamates (subject to hydrolysis) is 1. The molecule has 0 radical (unpaired) electrons. The summed E-state index contributed by atoms with van der Waals surface area (Å²) in [5, 5.41) is 2.77. The maximum atomic E-state index is 13.5. The van der Waals surface area contributed by atoms with E-state index in [-0.39, 0.29) is 11.8 Å². The first-order chi connectivity index (χ1) is 14.8. The number of aromatic nitrogens is 3. The molecule has 31 heavy (non-hydrogen) atoms. The standard InChI is InChI=1S/C23H27N5O3/c1-23(2,3)31-22(30)26-19(16-7-5-4-6-8-16)20(29)27-13-10-17(15-27)18-9-11-24-21-25-12-14-28(18)21/h4-9,11-12,14,17,19H,10,13,15H2,1-3H3,(H,26,30)/t17-,19-/m1/s1. The summed E-state index contributed by atoms with van der Waals surface area (Å²) in [5.41, 5.74) is 1.15. The molecule has 4 rings (SSSR count). The molecule has 3 aromatic rings. The minimum absolute atomic E-state index is 0.143. The highest BCUT2D eigenvalue weighted by molar-refractivity contribution is 5.87. The van der Waals surface area contributed by atoms with Crippen LogP contribution in [0.3, 0.4) is 0 Å². The summed E-state index contributed by atoms with van der Waals surface area (Å²) >= 11 is 0. The van der Waals surface area contributed by atoms with Crippen molar-refractivity contribution >= 4 is 17.8 Å². The fourth-order valence-corrected chi connectivity index (χ4v) is 3.93. The van der Waals surface area contributed by atoms with Crippen LogP contribution in [0, 0.1) is 0 Å². The van der Waals surface area contributed by atoms with Gasteiger partial charge in [-0.15, -0.1) is 0 Å². The van der Waals surface area contributed by atoms with Gasteiger partial charge in [-0.1, -0.05) is 30.3 Å². The summed E-state index contributed by atoms with van der Waals surface area (Å²) in [7, 11) is 0. The van der Waals surface area contributed by atoms with Crippen molar-refractivity contribution in [3.63, 3.8) is 0 Å². The van der Waals surface area contributed by atoms with Crippen LogP contribution in [0.15, 0.2) is 55.0 Å². The normalized spacial score (nSPS) is 17.5. The van der Waals surface area contributed by atoms with Crippen molar-refractivity contribution in [3.8, 4) is 0 Å². The Morgan fingerprint density at radius 2 is 1.87 bits per heavy atom. The van der Waals surface area contributed by atoms with Crippen LogP contribution < -0.4 is 5.32 Å². The molecule has 1 aromatic carbocycles. The average molecular weight is 422 g/mol. The van der Waals surface area contributed by atoms with Crippen LogP contribution in [0.1, 0.15) is 50.4 Å². The zero-order valence-corrected chi connectivity index (χ0v) is 18.0. The second kappa shape index (κ2) is 8.37. The molecule has 2 amide bonds. The van der Waals surface area contributed by atoms with E-state index in [1.165, 1.54) is 0 Å². The van der Waals surface area contributed by atoms with Gasteiger partial charge in [0, 0.05) is 43.3 Å². The summed E-state index contributed by atoms with van der Waals surface area (Å²) in [6.45, 7) is 6.56. The fourth-order valence-electron chi connectivity index (χ4n) is 3.93. The molecule has 2 aromatic heterocycles. The van der Waals surface area contributed by atoms with E-state index in [1.54, 1.807) is 33.2 Å². The average Bonchev–Trinajstić information content (AvgIpc) is 3.40. The summed E-state index contributed by atoms with van der Waals surface area (Å²) in [6.07, 6.45) is 5.58. The Labute approximate surface area is 181 Å². The van der Waals surface area contributed by atoms with Gasteiger partial charge in [-0.3, -0.25) is 9.20 Å². The van der Waals surface area contributed by atoms with Crippen LogP contribution in [0.5, 0.6) is 0 Å². The van der Waals surface area contributed by atoms with Gasteiger partial charge >= 0.3 is 6.09 Å². The zero-order chi connectivity index (χ0) is 22.0. The second-order valence-electron chi connectivity index (χ2n) is 8.73. The van der Waals surface area contributed by atoms with E-state index in [0.717, 1.165) is 17.7 Å². The molecule has 1 aliphatic heterocycles. The second-order valence-corrected chi connectivity index (χ2v) is 8.73. The number of hydrogen-bond acceptors (Lipinski definition) is 5. The third kappa shape index (κ3) is 4.68. The van der Waals surface area contributed by atoms with Crippen LogP contribution >= 0.6 is 0 Å². The molecule has 2 atom stereocenters.